The molecule has 0 aliphatic heterocycles. The van der Waals surface area contributed by atoms with Crippen LogP contribution in [0.4, 0.5) is 34.1 Å². The summed E-state index contributed by atoms with van der Waals surface area (Å²) in [5.74, 6) is 0. The molecule has 0 saturated carbocycles. The van der Waals surface area contributed by atoms with Crippen LogP contribution in [-0.2, 0) is 0 Å². The first-order valence-electron chi connectivity index (χ1n) is 25.6. The van der Waals surface area contributed by atoms with Crippen molar-refractivity contribution in [1.29, 1.82) is 0 Å². The highest BCUT2D eigenvalue weighted by Crippen LogP contribution is 2.48. The Morgan fingerprint density at radius 1 is 0.250 bits per heavy atom. The van der Waals surface area contributed by atoms with Gasteiger partial charge in [0.25, 0.3) is 0 Å². The monoisotopic (exact) mass is 1010 g/mol. The van der Waals surface area contributed by atoms with Crippen molar-refractivity contribution in [2.45, 2.75) is 0 Å². The molecule has 4 aromatic heterocycles. The number of nitrogens with zero attached hydrogens (tertiary/aromatic N) is 2. The van der Waals surface area contributed by atoms with E-state index in [1.165, 1.54) is 51.1 Å². The predicted molar refractivity (Wildman–Crippen MR) is 325 cm³/mol. The standard InChI is InChI=1S/C70H42N2O2S2/c1-3-13-45(14-4-1)71(47-29-25-43(26-30-47)51-19-11-21-57-53-17-7-9-23-63(53)73-67(51)57)49-33-35-55-59-37-39-62-61(69(59)75-65(55)41-49)40-38-60-56-36-34-50(42-66(56)76-70(60)62)72(46-15-5-2-6-16-46)48-31-27-44(28-32-48)52-20-12-22-58-54-18-8-10-24-64(54)74-68(52)58/h1-42H. The van der Waals surface area contributed by atoms with E-state index < -0.39 is 0 Å². The third-order valence-corrected chi connectivity index (χ3v) is 17.7. The Hall–Kier alpha value is -9.46. The van der Waals surface area contributed by atoms with Crippen LogP contribution in [0.3, 0.4) is 0 Å². The molecule has 0 N–H and O–H groups in total. The summed E-state index contributed by atoms with van der Waals surface area (Å²) in [5, 5.41) is 12.2. The van der Waals surface area contributed by atoms with Crippen molar-refractivity contribution >= 4 is 152 Å². The van der Waals surface area contributed by atoms with Gasteiger partial charge in [0.05, 0.1) is 0 Å². The normalized spacial score (nSPS) is 11.9. The SMILES string of the molecule is c1ccc(N(c2ccc(-c3cccc4c3oc3ccccc34)cc2)c2ccc3c(c2)sc2c3ccc3c2ccc2c4ccc(N(c5ccccc5)c5ccc(-c6cccc7c6oc6ccccc67)cc5)cc4sc23)cc1. The Bertz CT molecular complexity index is 4620. The molecule has 16 aromatic rings. The molecule has 0 atom stereocenters. The van der Waals surface area contributed by atoms with E-state index in [9.17, 15) is 0 Å². The van der Waals surface area contributed by atoms with E-state index in [4.69, 9.17) is 8.83 Å². The lowest BCUT2D eigenvalue weighted by Crippen LogP contribution is -2.09. The average molecular weight is 1010 g/mol. The molecule has 0 aliphatic rings. The highest BCUT2D eigenvalue weighted by molar-refractivity contribution is 7.28. The molecule has 0 aliphatic carbocycles. The summed E-state index contributed by atoms with van der Waals surface area (Å²) in [7, 11) is 0. The van der Waals surface area contributed by atoms with E-state index >= 15 is 0 Å². The first kappa shape index (κ1) is 43.0. The lowest BCUT2D eigenvalue weighted by atomic mass is 10.0. The highest BCUT2D eigenvalue weighted by Gasteiger charge is 2.21. The second-order valence-electron chi connectivity index (χ2n) is 19.5. The maximum Gasteiger partial charge on any atom is 0.143 e. The first-order valence-corrected chi connectivity index (χ1v) is 27.3. The van der Waals surface area contributed by atoms with Crippen molar-refractivity contribution in [3.8, 4) is 22.3 Å². The topological polar surface area (TPSA) is 32.8 Å². The van der Waals surface area contributed by atoms with Crippen LogP contribution in [0.25, 0.3) is 117 Å². The van der Waals surface area contributed by atoms with Gasteiger partial charge in [0.15, 0.2) is 0 Å². The summed E-state index contributed by atoms with van der Waals surface area (Å²) in [5.41, 5.74) is 14.7. The number of benzene rings is 12. The van der Waals surface area contributed by atoms with Crippen molar-refractivity contribution in [1.82, 2.24) is 0 Å². The van der Waals surface area contributed by atoms with Crippen molar-refractivity contribution in [2.75, 3.05) is 9.80 Å². The first-order chi connectivity index (χ1) is 37.7. The van der Waals surface area contributed by atoms with Gasteiger partial charge in [-0.2, -0.15) is 0 Å². The van der Waals surface area contributed by atoms with Gasteiger partial charge < -0.3 is 18.6 Å². The largest absolute Gasteiger partial charge is 0.455 e. The van der Waals surface area contributed by atoms with Crippen molar-refractivity contribution < 1.29 is 8.83 Å². The number of furan rings is 2. The van der Waals surface area contributed by atoms with Crippen LogP contribution >= 0.6 is 22.7 Å². The predicted octanol–water partition coefficient (Wildman–Crippen LogP) is 21.6. The van der Waals surface area contributed by atoms with Crippen molar-refractivity contribution in [3.63, 3.8) is 0 Å². The molecule has 0 saturated heterocycles. The molecule has 0 unspecified atom stereocenters. The smallest absolute Gasteiger partial charge is 0.143 e. The van der Waals surface area contributed by atoms with Gasteiger partial charge in [-0.25, -0.2) is 0 Å². The van der Waals surface area contributed by atoms with E-state index in [-0.39, 0.29) is 0 Å². The Morgan fingerprint density at radius 2 is 0.592 bits per heavy atom. The fraction of sp³-hybridized carbons (Fsp3) is 0. The van der Waals surface area contributed by atoms with E-state index in [2.05, 4.69) is 240 Å². The molecule has 76 heavy (non-hydrogen) atoms. The molecule has 0 spiro atoms. The number of hydrogen-bond acceptors (Lipinski definition) is 6. The van der Waals surface area contributed by atoms with Gasteiger partial charge in [-0.3, -0.25) is 0 Å². The van der Waals surface area contributed by atoms with Gasteiger partial charge in [0, 0.05) is 118 Å². The average Bonchev–Trinajstić information content (AvgIpc) is 4.27. The summed E-state index contributed by atoms with van der Waals surface area (Å²) >= 11 is 3.78. The number of fused-ring (bicyclic) bond motifs is 15. The quantitative estimate of drug-likeness (QED) is 0.152. The van der Waals surface area contributed by atoms with E-state index in [0.717, 1.165) is 100 Å². The Labute approximate surface area is 444 Å². The Kier molecular flexibility index (Phi) is 9.64. The molecule has 4 heterocycles. The minimum atomic E-state index is 0.907. The van der Waals surface area contributed by atoms with Crippen LogP contribution in [0.2, 0.25) is 0 Å². The van der Waals surface area contributed by atoms with Gasteiger partial charge in [-0.05, 0) is 96.1 Å². The fourth-order valence-corrected chi connectivity index (χ4v) is 14.2. The zero-order chi connectivity index (χ0) is 49.8. The number of anilines is 6. The third-order valence-electron chi connectivity index (χ3n) is 15.3. The zero-order valence-corrected chi connectivity index (χ0v) is 42.4. The van der Waals surface area contributed by atoms with Crippen LogP contribution in [-0.4, -0.2) is 0 Å². The van der Waals surface area contributed by atoms with Gasteiger partial charge in [-0.1, -0.05) is 170 Å². The molecule has 0 fully saturated rings. The lowest BCUT2D eigenvalue weighted by molar-refractivity contribution is 0.669. The molecular weight excluding hydrogens is 965 g/mol. The number of rotatable bonds is 8. The molecule has 0 radical (unpaired) electrons. The minimum absolute atomic E-state index is 0.907. The maximum absolute atomic E-state index is 6.44. The number of thiophene rings is 2. The molecule has 4 nitrogen and oxygen atoms in total. The van der Waals surface area contributed by atoms with Gasteiger partial charge in [-0.15, -0.1) is 22.7 Å². The van der Waals surface area contributed by atoms with Crippen molar-refractivity contribution in [2.24, 2.45) is 0 Å². The van der Waals surface area contributed by atoms with Crippen LogP contribution < -0.4 is 9.80 Å². The Balaban J connectivity index is 0.758. The molecule has 356 valence electrons. The summed E-state index contributed by atoms with van der Waals surface area (Å²) < 4.78 is 18.0. The minimum Gasteiger partial charge on any atom is -0.455 e. The molecule has 0 amide bonds. The van der Waals surface area contributed by atoms with Gasteiger partial charge >= 0.3 is 0 Å². The van der Waals surface area contributed by atoms with Crippen LogP contribution in [0.5, 0.6) is 0 Å². The molecule has 6 heteroatoms. The molecule has 16 rings (SSSR count). The Morgan fingerprint density at radius 3 is 1.03 bits per heavy atom. The summed E-state index contributed by atoms with van der Waals surface area (Å²) in [6.45, 7) is 0. The fourth-order valence-electron chi connectivity index (χ4n) is 11.7. The second kappa shape index (κ2) is 17.0. The van der Waals surface area contributed by atoms with Crippen molar-refractivity contribution in [3.05, 3.63) is 255 Å². The summed E-state index contributed by atoms with van der Waals surface area (Å²) in [6.07, 6.45) is 0. The van der Waals surface area contributed by atoms with E-state index in [1.807, 2.05) is 46.9 Å². The van der Waals surface area contributed by atoms with Crippen LogP contribution in [0.1, 0.15) is 0 Å². The molecule has 0 bridgehead atoms. The van der Waals surface area contributed by atoms with E-state index in [0.29, 0.717) is 0 Å². The highest BCUT2D eigenvalue weighted by atomic mass is 32.1. The number of para-hydroxylation sites is 6. The van der Waals surface area contributed by atoms with Gasteiger partial charge in [0.1, 0.15) is 22.3 Å². The third kappa shape index (κ3) is 6.75. The maximum atomic E-state index is 6.44. The van der Waals surface area contributed by atoms with Crippen LogP contribution in [0.15, 0.2) is 264 Å². The lowest BCUT2D eigenvalue weighted by Gasteiger charge is -2.25. The van der Waals surface area contributed by atoms with E-state index in [1.54, 1.807) is 0 Å². The number of hydrogen-bond donors (Lipinski definition) is 0. The molecular formula is C70H42N2O2S2. The molecule has 12 aromatic carbocycles. The summed E-state index contributed by atoms with van der Waals surface area (Å²) in [6, 6.07) is 91.9. The summed E-state index contributed by atoms with van der Waals surface area (Å²) in [4.78, 5) is 4.72. The zero-order valence-electron chi connectivity index (χ0n) is 40.8. The van der Waals surface area contributed by atoms with Crippen LogP contribution in [0, 0.1) is 0 Å². The van der Waals surface area contributed by atoms with Gasteiger partial charge in [0.2, 0.25) is 0 Å². The second-order valence-corrected chi connectivity index (χ2v) is 21.6.